The van der Waals surface area contributed by atoms with Crippen LogP contribution in [0.15, 0.2) is 24.4 Å². The summed E-state index contributed by atoms with van der Waals surface area (Å²) in [4.78, 5) is 17.2. The summed E-state index contributed by atoms with van der Waals surface area (Å²) in [5.41, 5.74) is 1.52. The zero-order valence-corrected chi connectivity index (χ0v) is 21.9. The Labute approximate surface area is 209 Å². The quantitative estimate of drug-likeness (QED) is 0.213. The molecule has 1 aromatic heterocycles. The fourth-order valence-corrected chi connectivity index (χ4v) is 4.29. The fraction of sp³-hybridized carbons (Fsp3) is 0.630. The van der Waals surface area contributed by atoms with Gasteiger partial charge >= 0.3 is 5.97 Å². The van der Waals surface area contributed by atoms with Gasteiger partial charge in [-0.2, -0.15) is 0 Å². The first-order valence-corrected chi connectivity index (χ1v) is 13.1. The number of hydrogen-bond donors (Lipinski definition) is 1. The van der Waals surface area contributed by atoms with Gasteiger partial charge in [-0.15, -0.1) is 0 Å². The molecule has 0 aliphatic rings. The smallest absolute Gasteiger partial charge is 0.311 e. The Hall–Kier alpha value is -2.05. The molecule has 0 bridgehead atoms. The molecule has 0 saturated heterocycles. The number of rotatable bonds is 16. The SMILES string of the molecule is CCCCCOc1ccc(Cn2c(C(O)C(CCCCC)C(=O)OCC)cnc2CC)c(Cl)c1. The summed E-state index contributed by atoms with van der Waals surface area (Å²) in [5, 5.41) is 11.9. The van der Waals surface area contributed by atoms with Crippen LogP contribution in [-0.4, -0.2) is 33.8 Å². The van der Waals surface area contributed by atoms with Gasteiger partial charge < -0.3 is 19.1 Å². The van der Waals surface area contributed by atoms with Crippen LogP contribution in [0, 0.1) is 5.92 Å². The van der Waals surface area contributed by atoms with E-state index in [1.807, 2.05) is 29.7 Å². The van der Waals surface area contributed by atoms with E-state index in [2.05, 4.69) is 18.8 Å². The predicted octanol–water partition coefficient (Wildman–Crippen LogP) is 6.51. The van der Waals surface area contributed by atoms with Gasteiger partial charge in [-0.05, 0) is 37.5 Å². The number of aromatic nitrogens is 2. The van der Waals surface area contributed by atoms with E-state index in [1.165, 1.54) is 0 Å². The number of unbranched alkanes of at least 4 members (excludes halogenated alkanes) is 4. The minimum atomic E-state index is -0.997. The Morgan fingerprint density at radius 3 is 2.50 bits per heavy atom. The molecule has 0 saturated carbocycles. The first kappa shape index (κ1) is 28.2. The third-order valence-corrected chi connectivity index (χ3v) is 6.40. The monoisotopic (exact) mass is 492 g/mol. The van der Waals surface area contributed by atoms with Crippen molar-refractivity contribution in [2.24, 2.45) is 5.92 Å². The number of carbonyl (C=O) groups is 1. The minimum absolute atomic E-state index is 0.289. The van der Waals surface area contributed by atoms with Crippen molar-refractivity contribution in [2.75, 3.05) is 13.2 Å². The number of aryl methyl sites for hydroxylation is 1. The van der Waals surface area contributed by atoms with Crippen LogP contribution >= 0.6 is 11.6 Å². The molecule has 6 nitrogen and oxygen atoms in total. The lowest BCUT2D eigenvalue weighted by Crippen LogP contribution is -2.27. The molecule has 0 spiro atoms. The van der Waals surface area contributed by atoms with E-state index in [0.717, 1.165) is 55.7 Å². The van der Waals surface area contributed by atoms with Crippen LogP contribution in [-0.2, 0) is 22.5 Å². The summed E-state index contributed by atoms with van der Waals surface area (Å²) in [6, 6.07) is 5.72. The van der Waals surface area contributed by atoms with Gasteiger partial charge in [0.05, 0.1) is 37.6 Å². The van der Waals surface area contributed by atoms with Crippen LogP contribution in [0.3, 0.4) is 0 Å². The lowest BCUT2D eigenvalue weighted by atomic mass is 9.93. The molecule has 2 unspecified atom stereocenters. The second-order valence-electron chi connectivity index (χ2n) is 8.65. The maximum absolute atomic E-state index is 12.7. The first-order chi connectivity index (χ1) is 16.5. The number of benzene rings is 1. The lowest BCUT2D eigenvalue weighted by Gasteiger charge is -2.23. The van der Waals surface area contributed by atoms with E-state index in [4.69, 9.17) is 21.1 Å². The molecule has 0 fully saturated rings. The molecule has 2 rings (SSSR count). The maximum atomic E-state index is 12.7. The molecular weight excluding hydrogens is 452 g/mol. The molecule has 0 aliphatic carbocycles. The van der Waals surface area contributed by atoms with Crippen LogP contribution < -0.4 is 4.74 Å². The molecule has 0 amide bonds. The molecular formula is C27H41ClN2O4. The van der Waals surface area contributed by atoms with Crippen molar-refractivity contribution in [1.82, 2.24) is 9.55 Å². The number of nitrogens with zero attached hydrogens (tertiary/aromatic N) is 2. The summed E-state index contributed by atoms with van der Waals surface area (Å²) < 4.78 is 13.1. The average Bonchev–Trinajstić information content (AvgIpc) is 3.23. The number of aliphatic hydroxyl groups is 1. The van der Waals surface area contributed by atoms with Crippen molar-refractivity contribution in [3.8, 4) is 5.75 Å². The standard InChI is InChI=1S/C27H41ClN2O4/c1-5-9-11-13-22(27(32)33-8-4)26(31)24-18-29-25(7-3)30(24)19-20-14-15-21(17-23(20)28)34-16-12-10-6-2/h14-15,17-18,22,26,31H,5-13,16,19H2,1-4H3. The van der Waals surface area contributed by atoms with Gasteiger partial charge in [0.25, 0.3) is 0 Å². The molecule has 7 heteroatoms. The maximum Gasteiger partial charge on any atom is 0.311 e. The van der Waals surface area contributed by atoms with Crippen molar-refractivity contribution in [3.05, 3.63) is 46.5 Å². The van der Waals surface area contributed by atoms with E-state index < -0.39 is 12.0 Å². The summed E-state index contributed by atoms with van der Waals surface area (Å²) in [6.45, 7) is 9.50. The fourth-order valence-electron chi connectivity index (χ4n) is 4.06. The lowest BCUT2D eigenvalue weighted by molar-refractivity contribution is -0.152. The third-order valence-electron chi connectivity index (χ3n) is 6.05. The number of aliphatic hydroxyl groups excluding tert-OH is 1. The second kappa shape index (κ2) is 15.0. The van der Waals surface area contributed by atoms with Crippen molar-refractivity contribution < 1.29 is 19.4 Å². The molecule has 1 heterocycles. The Kier molecular flexibility index (Phi) is 12.5. The van der Waals surface area contributed by atoms with Gasteiger partial charge in [-0.3, -0.25) is 4.79 Å². The normalized spacial score (nSPS) is 13.0. The largest absolute Gasteiger partial charge is 0.494 e. The summed E-state index contributed by atoms with van der Waals surface area (Å²) in [7, 11) is 0. The van der Waals surface area contributed by atoms with Gasteiger partial charge in [0.15, 0.2) is 0 Å². The van der Waals surface area contributed by atoms with E-state index in [0.29, 0.717) is 36.7 Å². The van der Waals surface area contributed by atoms with Crippen LogP contribution in [0.5, 0.6) is 5.75 Å². The molecule has 1 aromatic carbocycles. The number of hydrogen-bond acceptors (Lipinski definition) is 5. The number of halogens is 1. The number of esters is 1. The number of carbonyl (C=O) groups excluding carboxylic acids is 1. The minimum Gasteiger partial charge on any atom is -0.494 e. The number of ether oxygens (including phenoxy) is 2. The summed E-state index contributed by atoms with van der Waals surface area (Å²) in [6.07, 6.45) is 8.17. The van der Waals surface area contributed by atoms with Gasteiger partial charge in [-0.1, -0.05) is 70.5 Å². The first-order valence-electron chi connectivity index (χ1n) is 12.8. The van der Waals surface area contributed by atoms with Gasteiger partial charge in [0.1, 0.15) is 17.7 Å². The van der Waals surface area contributed by atoms with E-state index >= 15 is 0 Å². The molecule has 2 aromatic rings. The Balaban J connectivity index is 2.25. The highest BCUT2D eigenvalue weighted by Gasteiger charge is 2.32. The zero-order chi connectivity index (χ0) is 24.9. The Bertz CT molecular complexity index is 884. The van der Waals surface area contributed by atoms with E-state index in [1.54, 1.807) is 13.1 Å². The highest BCUT2D eigenvalue weighted by Crippen LogP contribution is 2.31. The topological polar surface area (TPSA) is 73.6 Å². The second-order valence-corrected chi connectivity index (χ2v) is 9.05. The van der Waals surface area contributed by atoms with Crippen LogP contribution in [0.25, 0.3) is 0 Å². The van der Waals surface area contributed by atoms with Gasteiger partial charge in [-0.25, -0.2) is 4.98 Å². The van der Waals surface area contributed by atoms with Crippen molar-refractivity contribution in [2.45, 2.75) is 91.7 Å². The molecule has 190 valence electrons. The van der Waals surface area contributed by atoms with Crippen LogP contribution in [0.4, 0.5) is 0 Å². The van der Waals surface area contributed by atoms with Crippen LogP contribution in [0.2, 0.25) is 5.02 Å². The van der Waals surface area contributed by atoms with Crippen molar-refractivity contribution in [1.29, 1.82) is 0 Å². The van der Waals surface area contributed by atoms with Gasteiger partial charge in [0, 0.05) is 11.4 Å². The number of imidazole rings is 1. The highest BCUT2D eigenvalue weighted by molar-refractivity contribution is 6.31. The molecule has 1 N–H and O–H groups in total. The van der Waals surface area contributed by atoms with Crippen molar-refractivity contribution >= 4 is 17.6 Å². The van der Waals surface area contributed by atoms with Crippen molar-refractivity contribution in [3.63, 3.8) is 0 Å². The average molecular weight is 493 g/mol. The van der Waals surface area contributed by atoms with E-state index in [9.17, 15) is 9.90 Å². The summed E-state index contributed by atoms with van der Waals surface area (Å²) >= 11 is 6.60. The Morgan fingerprint density at radius 2 is 1.85 bits per heavy atom. The third kappa shape index (κ3) is 8.02. The van der Waals surface area contributed by atoms with E-state index in [-0.39, 0.29) is 12.6 Å². The molecule has 0 radical (unpaired) electrons. The molecule has 34 heavy (non-hydrogen) atoms. The zero-order valence-electron chi connectivity index (χ0n) is 21.2. The van der Waals surface area contributed by atoms with Crippen LogP contribution in [0.1, 0.15) is 95.8 Å². The molecule has 0 aliphatic heterocycles. The van der Waals surface area contributed by atoms with Gasteiger partial charge in [0.2, 0.25) is 0 Å². The molecule has 2 atom stereocenters. The Morgan fingerprint density at radius 1 is 1.12 bits per heavy atom. The summed E-state index contributed by atoms with van der Waals surface area (Å²) in [5.74, 6) is 0.603. The highest BCUT2D eigenvalue weighted by atomic mass is 35.5. The predicted molar refractivity (Wildman–Crippen MR) is 136 cm³/mol.